The third kappa shape index (κ3) is 4.52. The number of aryl methyl sites for hydroxylation is 1. The van der Waals surface area contributed by atoms with Crippen LogP contribution in [-0.2, 0) is 6.42 Å². The number of nitrogens with zero attached hydrogens (tertiary/aromatic N) is 3. The molecule has 1 atom stereocenters. The van der Waals surface area contributed by atoms with Crippen molar-refractivity contribution < 1.29 is 9.90 Å². The molecule has 2 heterocycles. The minimum absolute atomic E-state index is 0.00589. The van der Waals surface area contributed by atoms with Gasteiger partial charge in [0.15, 0.2) is 5.43 Å². The second-order valence-electron chi connectivity index (χ2n) is 11.5. The number of nitriles is 1. The van der Waals surface area contributed by atoms with Gasteiger partial charge < -0.3 is 14.6 Å². The van der Waals surface area contributed by atoms with Crippen molar-refractivity contribution in [1.82, 2.24) is 9.47 Å². The molecule has 2 aromatic rings. The lowest BCUT2D eigenvalue weighted by Crippen LogP contribution is -2.46. The van der Waals surface area contributed by atoms with Crippen LogP contribution in [0.1, 0.15) is 81.5 Å². The van der Waals surface area contributed by atoms with E-state index in [1.807, 2.05) is 17.7 Å². The summed E-state index contributed by atoms with van der Waals surface area (Å²) in [6, 6.07) is 10.3. The highest BCUT2D eigenvalue weighted by atomic mass is 16.4. The number of carbonyl (C=O) groups is 1. The number of hydrogen-bond acceptors (Lipinski definition) is 4. The number of aromatic nitrogens is 1. The van der Waals surface area contributed by atoms with E-state index in [2.05, 4.69) is 57.7 Å². The Hall–Kier alpha value is -3.33. The summed E-state index contributed by atoms with van der Waals surface area (Å²) >= 11 is 0. The van der Waals surface area contributed by atoms with E-state index in [1.165, 1.54) is 23.4 Å². The van der Waals surface area contributed by atoms with Crippen LogP contribution >= 0.6 is 0 Å². The zero-order valence-corrected chi connectivity index (χ0v) is 21.6. The number of carboxylic acid groups (broad SMARTS) is 1. The molecule has 1 unspecified atom stereocenters. The van der Waals surface area contributed by atoms with Gasteiger partial charge >= 0.3 is 5.97 Å². The summed E-state index contributed by atoms with van der Waals surface area (Å²) < 4.78 is 2.00. The Morgan fingerprint density at radius 1 is 1.26 bits per heavy atom. The van der Waals surface area contributed by atoms with Crippen molar-refractivity contribution in [3.05, 3.63) is 67.9 Å². The second kappa shape index (κ2) is 8.71. The highest BCUT2D eigenvalue weighted by Crippen LogP contribution is 2.48. The van der Waals surface area contributed by atoms with Gasteiger partial charge in [-0.3, -0.25) is 4.79 Å². The lowest BCUT2D eigenvalue weighted by atomic mass is 9.84. The summed E-state index contributed by atoms with van der Waals surface area (Å²) in [6.07, 6.45) is 5.16. The molecular formula is C29H35N3O3. The van der Waals surface area contributed by atoms with E-state index in [0.717, 1.165) is 47.5 Å². The molecule has 1 N–H and O–H groups in total. The fraction of sp³-hybridized carbons (Fsp3) is 0.483. The average Bonchev–Trinajstić information content (AvgIpc) is 3.56. The molecule has 1 aromatic carbocycles. The molecular weight excluding hydrogens is 438 g/mol. The van der Waals surface area contributed by atoms with Gasteiger partial charge in [-0.25, -0.2) is 4.79 Å². The van der Waals surface area contributed by atoms with E-state index in [0.29, 0.717) is 6.54 Å². The Balaban J connectivity index is 2.03. The monoisotopic (exact) mass is 473 g/mol. The molecule has 6 nitrogen and oxygen atoms in total. The van der Waals surface area contributed by atoms with Gasteiger partial charge in [0.05, 0.1) is 28.9 Å². The molecule has 1 aromatic heterocycles. The van der Waals surface area contributed by atoms with Gasteiger partial charge in [0.2, 0.25) is 0 Å². The van der Waals surface area contributed by atoms with E-state index in [9.17, 15) is 20.0 Å². The van der Waals surface area contributed by atoms with Crippen LogP contribution in [0.15, 0.2) is 35.3 Å². The molecule has 4 rings (SSSR count). The molecule has 1 saturated carbocycles. The maximum atomic E-state index is 12.8. The fourth-order valence-corrected chi connectivity index (χ4v) is 5.37. The summed E-state index contributed by atoms with van der Waals surface area (Å²) in [5.41, 5.74) is 3.05. The Labute approximate surface area is 206 Å². The minimum atomic E-state index is -1.20. The third-order valence-electron chi connectivity index (χ3n) is 7.59. The Bertz CT molecular complexity index is 1410. The summed E-state index contributed by atoms with van der Waals surface area (Å²) in [6.45, 7) is 11.3. The number of fused-ring (bicyclic) bond motifs is 1. The number of carboxylic acids is 1. The van der Waals surface area contributed by atoms with E-state index in [-0.39, 0.29) is 22.4 Å². The first-order valence-corrected chi connectivity index (χ1v) is 12.3. The van der Waals surface area contributed by atoms with Crippen molar-refractivity contribution in [2.75, 3.05) is 13.6 Å². The van der Waals surface area contributed by atoms with Crippen LogP contribution in [0.3, 0.4) is 0 Å². The van der Waals surface area contributed by atoms with Crippen molar-refractivity contribution in [1.29, 1.82) is 5.26 Å². The SMILES string of the molecule is CC(C)=c1c(CCC2(C#N)CC2)ccc/c1=C1\c2cc(=O)c(C(=O)O)cn2C(C(C)(C)C)CN1C. The van der Waals surface area contributed by atoms with Crippen molar-refractivity contribution in [2.24, 2.45) is 10.8 Å². The standard InChI is InChI=1S/C29H35N3O3/c1-18(2)25-19(10-11-29(17-30)12-13-29)8-7-9-20(25)26-22-14-23(33)21(27(34)35)15-32(22)24(16-31(26)6)28(3,4)5/h7-9,14-15,24H,10-13,16H2,1-6H3,(H,34,35)/b26-20-. The van der Waals surface area contributed by atoms with Crippen molar-refractivity contribution in [2.45, 2.75) is 66.3 Å². The van der Waals surface area contributed by atoms with Crippen LogP contribution < -0.4 is 15.9 Å². The average molecular weight is 474 g/mol. The first-order valence-electron chi connectivity index (χ1n) is 12.3. The molecule has 0 radical (unpaired) electrons. The van der Waals surface area contributed by atoms with Gasteiger partial charge in [-0.15, -0.1) is 0 Å². The maximum Gasteiger partial charge on any atom is 0.341 e. The first-order chi connectivity index (χ1) is 16.4. The van der Waals surface area contributed by atoms with Crippen LogP contribution in [0.2, 0.25) is 0 Å². The fourth-order valence-electron chi connectivity index (χ4n) is 5.37. The number of likely N-dealkylation sites (N-methyl/N-ethyl adjacent to an activating group) is 1. The third-order valence-corrected chi connectivity index (χ3v) is 7.59. The molecule has 1 fully saturated rings. The van der Waals surface area contributed by atoms with Gasteiger partial charge in [-0.2, -0.15) is 5.26 Å². The van der Waals surface area contributed by atoms with Crippen LogP contribution in [0.25, 0.3) is 11.3 Å². The molecule has 184 valence electrons. The summed E-state index contributed by atoms with van der Waals surface area (Å²) in [4.78, 5) is 26.8. The smallest absolute Gasteiger partial charge is 0.341 e. The quantitative estimate of drug-likeness (QED) is 0.732. The van der Waals surface area contributed by atoms with Gasteiger partial charge in [0.1, 0.15) is 5.56 Å². The Morgan fingerprint density at radius 3 is 2.49 bits per heavy atom. The lowest BCUT2D eigenvalue weighted by molar-refractivity contribution is 0.0693. The normalized spacial score (nSPS) is 20.1. The summed E-state index contributed by atoms with van der Waals surface area (Å²) in [5.74, 6) is -1.20. The topological polar surface area (TPSA) is 86.3 Å². The number of pyridine rings is 1. The van der Waals surface area contributed by atoms with Gasteiger partial charge in [0.25, 0.3) is 0 Å². The zero-order valence-electron chi connectivity index (χ0n) is 21.6. The summed E-state index contributed by atoms with van der Waals surface area (Å²) in [5, 5.41) is 21.4. The Morgan fingerprint density at radius 2 is 1.94 bits per heavy atom. The zero-order chi connectivity index (χ0) is 25.7. The van der Waals surface area contributed by atoms with E-state index >= 15 is 0 Å². The summed E-state index contributed by atoms with van der Waals surface area (Å²) in [7, 11) is 2.05. The van der Waals surface area contributed by atoms with Crippen molar-refractivity contribution in [3.63, 3.8) is 0 Å². The van der Waals surface area contributed by atoms with Crippen molar-refractivity contribution in [3.8, 4) is 6.07 Å². The molecule has 35 heavy (non-hydrogen) atoms. The number of hydrogen-bond donors (Lipinski definition) is 1. The predicted molar refractivity (Wildman–Crippen MR) is 137 cm³/mol. The molecule has 2 aliphatic rings. The van der Waals surface area contributed by atoms with Crippen molar-refractivity contribution >= 4 is 17.2 Å². The van der Waals surface area contributed by atoms with E-state index < -0.39 is 11.4 Å². The van der Waals surface area contributed by atoms with Crippen LogP contribution in [-0.4, -0.2) is 34.1 Å². The molecule has 0 amide bonds. The number of rotatable bonds is 4. The van der Waals surface area contributed by atoms with E-state index in [4.69, 9.17) is 0 Å². The Kier molecular flexibility index (Phi) is 6.17. The second-order valence-corrected chi connectivity index (χ2v) is 11.5. The molecule has 1 aliphatic carbocycles. The molecule has 6 heteroatoms. The molecule has 0 spiro atoms. The first kappa shape index (κ1) is 24.8. The van der Waals surface area contributed by atoms with Gasteiger partial charge in [0, 0.05) is 31.1 Å². The highest BCUT2D eigenvalue weighted by Gasteiger charge is 2.42. The minimum Gasteiger partial charge on any atom is -0.477 e. The molecule has 0 saturated heterocycles. The number of aromatic carboxylic acids is 1. The van der Waals surface area contributed by atoms with Crippen LogP contribution in [0, 0.1) is 22.2 Å². The predicted octanol–water partition coefficient (Wildman–Crippen LogP) is 3.66. The number of benzene rings is 1. The molecule has 0 bridgehead atoms. The van der Waals surface area contributed by atoms with Crippen LogP contribution in [0.4, 0.5) is 0 Å². The van der Waals surface area contributed by atoms with Gasteiger partial charge in [-0.1, -0.05) is 44.5 Å². The van der Waals surface area contributed by atoms with Crippen LogP contribution in [0.5, 0.6) is 0 Å². The lowest BCUT2D eigenvalue weighted by Gasteiger charge is -2.43. The molecule has 1 aliphatic heterocycles. The van der Waals surface area contributed by atoms with E-state index in [1.54, 1.807) is 0 Å². The maximum absolute atomic E-state index is 12.8. The largest absolute Gasteiger partial charge is 0.477 e. The van der Waals surface area contributed by atoms with Gasteiger partial charge in [-0.05, 0) is 55.7 Å². The highest BCUT2D eigenvalue weighted by molar-refractivity contribution is 5.87.